The maximum absolute atomic E-state index is 13.7. The topological polar surface area (TPSA) is 70.0 Å². The minimum atomic E-state index is -0.0786. The van der Waals surface area contributed by atoms with Crippen LogP contribution >= 0.6 is 28.6 Å². The number of fused-ring (bicyclic) bond motifs is 2. The molecule has 0 radical (unpaired) electrons. The van der Waals surface area contributed by atoms with Crippen LogP contribution in [0.4, 0.5) is 11.4 Å². The van der Waals surface area contributed by atoms with Gasteiger partial charge >= 0.3 is 5.89 Å². The molecule has 0 unspecified atom stereocenters. The molecule has 7 nitrogen and oxygen atoms in total. The SMILES string of the molecule is CCN1C(=CC2=C(S)C(=Cc3oc4cc(Br)ccc4[n+]3Cc3ccccc3)C2=O)N(CCOCCO)c2ccc(C)cc21. The van der Waals surface area contributed by atoms with Crippen LogP contribution in [0.2, 0.25) is 0 Å². The number of oxazole rings is 1. The molecule has 1 aliphatic carbocycles. The second-order valence-corrected chi connectivity index (χ2v) is 11.9. The van der Waals surface area contributed by atoms with E-state index in [1.807, 2.05) is 42.5 Å². The van der Waals surface area contributed by atoms with Gasteiger partial charge in [0.2, 0.25) is 5.58 Å². The number of halogens is 1. The quantitative estimate of drug-likeness (QED) is 0.0917. The van der Waals surface area contributed by atoms with Gasteiger partial charge in [-0.05, 0) is 43.7 Å². The first-order valence-electron chi connectivity index (χ1n) is 14.3. The molecule has 1 N–H and O–H groups in total. The highest BCUT2D eigenvalue weighted by atomic mass is 79.9. The zero-order valence-corrected chi connectivity index (χ0v) is 26.6. The molecule has 220 valence electrons. The largest absolute Gasteiger partial charge is 0.398 e. The van der Waals surface area contributed by atoms with Gasteiger partial charge in [-0.25, -0.2) is 0 Å². The van der Waals surface area contributed by atoms with Crippen molar-refractivity contribution in [2.24, 2.45) is 0 Å². The average Bonchev–Trinajstić information content (AvgIpc) is 3.49. The van der Waals surface area contributed by atoms with Gasteiger partial charge in [-0.3, -0.25) is 4.79 Å². The molecule has 4 aromatic rings. The highest BCUT2D eigenvalue weighted by molar-refractivity contribution is 9.10. The Bertz CT molecular complexity index is 1790. The summed E-state index contributed by atoms with van der Waals surface area (Å²) in [7, 11) is 0. The first kappa shape index (κ1) is 29.4. The first-order chi connectivity index (χ1) is 20.9. The van der Waals surface area contributed by atoms with Crippen molar-refractivity contribution in [2.75, 3.05) is 42.7 Å². The third kappa shape index (κ3) is 5.70. The summed E-state index contributed by atoms with van der Waals surface area (Å²) in [5, 5.41) is 9.14. The van der Waals surface area contributed by atoms with Crippen molar-refractivity contribution in [1.29, 1.82) is 0 Å². The lowest BCUT2D eigenvalue weighted by atomic mass is 9.89. The number of Topliss-reactive ketones (excluding diaryl/α,β-unsaturated/α-hetero) is 1. The Kier molecular flexibility index (Phi) is 8.59. The van der Waals surface area contributed by atoms with E-state index < -0.39 is 0 Å². The molecular weight excluding hydrogens is 626 g/mol. The van der Waals surface area contributed by atoms with Crippen molar-refractivity contribution < 1.29 is 23.6 Å². The number of benzene rings is 3. The molecule has 2 aliphatic rings. The lowest BCUT2D eigenvalue weighted by Crippen LogP contribution is -2.36. The smallest absolute Gasteiger partial charge is 0.375 e. The molecule has 0 amide bonds. The number of aryl methyl sites for hydroxylation is 1. The number of ketones is 1. The number of nitrogens with zero attached hydrogens (tertiary/aromatic N) is 3. The summed E-state index contributed by atoms with van der Waals surface area (Å²) in [6.45, 7) is 6.79. The number of allylic oxidation sites excluding steroid dienone is 3. The standard InChI is InChI=1S/C34H32BrN3O4S/c1-3-36-29-17-22(2)9-11-27(29)37(13-15-41-16-14-39)31(36)19-25-33(40)26(34(25)43)20-32-38(21-23-7-5-4-6-8-23)28-12-10-24(35)18-30(28)42-32/h4-12,17-20,39H,3,13-16,21H2,1-2H3/p+1. The van der Waals surface area contributed by atoms with Crippen molar-refractivity contribution in [3.8, 4) is 0 Å². The summed E-state index contributed by atoms with van der Waals surface area (Å²) >= 11 is 8.35. The fraction of sp³-hybridized carbons (Fsp3) is 0.235. The van der Waals surface area contributed by atoms with E-state index in [0.717, 1.165) is 50.4 Å². The predicted molar refractivity (Wildman–Crippen MR) is 176 cm³/mol. The molecule has 6 rings (SSSR count). The molecule has 0 saturated carbocycles. The number of thiol groups is 1. The molecule has 0 saturated heterocycles. The summed E-state index contributed by atoms with van der Waals surface area (Å²) in [5.41, 5.74) is 7.19. The minimum Gasteiger partial charge on any atom is -0.398 e. The fourth-order valence-electron chi connectivity index (χ4n) is 5.59. The Labute approximate surface area is 264 Å². The number of carbonyl (C=O) groups excluding carboxylic acids is 1. The van der Waals surface area contributed by atoms with Gasteiger partial charge in [-0.15, -0.1) is 12.6 Å². The number of ether oxygens (including phenoxy) is 1. The lowest BCUT2D eigenvalue weighted by molar-refractivity contribution is -0.669. The Morgan fingerprint density at radius 1 is 1.02 bits per heavy atom. The van der Waals surface area contributed by atoms with Gasteiger partial charge in [0.25, 0.3) is 5.52 Å². The monoisotopic (exact) mass is 658 g/mol. The van der Waals surface area contributed by atoms with E-state index in [1.54, 1.807) is 6.08 Å². The maximum atomic E-state index is 13.7. The van der Waals surface area contributed by atoms with E-state index in [2.05, 4.69) is 74.5 Å². The third-order valence-corrected chi connectivity index (χ3v) is 8.67. The van der Waals surface area contributed by atoms with Crippen LogP contribution in [0.15, 0.2) is 104 Å². The van der Waals surface area contributed by atoms with Crippen LogP contribution in [0, 0.1) is 6.92 Å². The number of hydrogen-bond acceptors (Lipinski definition) is 7. The van der Waals surface area contributed by atoms with Gasteiger partial charge in [-0.2, -0.15) is 4.57 Å². The average molecular weight is 660 g/mol. The Morgan fingerprint density at radius 2 is 1.84 bits per heavy atom. The summed E-state index contributed by atoms with van der Waals surface area (Å²) < 4.78 is 14.9. The second kappa shape index (κ2) is 12.5. The van der Waals surface area contributed by atoms with Gasteiger partial charge < -0.3 is 24.1 Å². The normalized spacial score (nSPS) is 16.6. The highest BCUT2D eigenvalue weighted by Gasteiger charge is 2.36. The maximum Gasteiger partial charge on any atom is 0.375 e. The summed E-state index contributed by atoms with van der Waals surface area (Å²) in [6, 6.07) is 22.5. The van der Waals surface area contributed by atoms with Crippen LogP contribution < -0.4 is 14.4 Å². The Balaban J connectivity index is 1.38. The van der Waals surface area contributed by atoms with E-state index >= 15 is 0 Å². The van der Waals surface area contributed by atoms with Crippen molar-refractivity contribution in [2.45, 2.75) is 20.4 Å². The number of hydrogen-bond donors (Lipinski definition) is 2. The zero-order chi connectivity index (χ0) is 30.1. The molecule has 1 aromatic heterocycles. The lowest BCUT2D eigenvalue weighted by Gasteiger charge is -2.27. The molecule has 9 heteroatoms. The van der Waals surface area contributed by atoms with Crippen LogP contribution in [0.25, 0.3) is 17.2 Å². The van der Waals surface area contributed by atoms with Crippen molar-refractivity contribution >= 4 is 62.9 Å². The van der Waals surface area contributed by atoms with E-state index in [9.17, 15) is 4.79 Å². The number of carbonyl (C=O) groups is 1. The van der Waals surface area contributed by atoms with Crippen LogP contribution in [-0.4, -0.2) is 43.8 Å². The van der Waals surface area contributed by atoms with Crippen LogP contribution in [-0.2, 0) is 16.1 Å². The van der Waals surface area contributed by atoms with Crippen LogP contribution in [0.1, 0.15) is 23.9 Å². The van der Waals surface area contributed by atoms with Gasteiger partial charge in [0.05, 0.1) is 37.3 Å². The molecular formula is C34H33BrN3O4S+. The zero-order valence-electron chi connectivity index (χ0n) is 24.1. The molecule has 0 bridgehead atoms. The van der Waals surface area contributed by atoms with Gasteiger partial charge in [0.15, 0.2) is 12.3 Å². The third-order valence-electron chi connectivity index (χ3n) is 7.69. The van der Waals surface area contributed by atoms with Crippen LogP contribution in [0.5, 0.6) is 0 Å². The first-order valence-corrected chi connectivity index (χ1v) is 15.6. The van der Waals surface area contributed by atoms with Crippen LogP contribution in [0.3, 0.4) is 0 Å². The van der Waals surface area contributed by atoms with E-state index in [0.29, 0.717) is 41.6 Å². The minimum absolute atomic E-state index is 0.0209. The molecule has 0 spiro atoms. The second-order valence-electron chi connectivity index (χ2n) is 10.5. The number of rotatable bonds is 10. The van der Waals surface area contributed by atoms with Crippen molar-refractivity contribution in [3.63, 3.8) is 0 Å². The van der Waals surface area contributed by atoms with E-state index in [1.165, 1.54) is 0 Å². The summed E-state index contributed by atoms with van der Waals surface area (Å²) in [4.78, 5) is 18.7. The number of aromatic nitrogens is 1. The van der Waals surface area contributed by atoms with Gasteiger partial charge in [-0.1, -0.05) is 52.3 Å². The van der Waals surface area contributed by atoms with Gasteiger partial charge in [0, 0.05) is 51.3 Å². The van der Waals surface area contributed by atoms with Gasteiger partial charge in [0.1, 0.15) is 5.82 Å². The number of anilines is 2. The number of aliphatic hydroxyl groups is 1. The molecule has 3 aromatic carbocycles. The van der Waals surface area contributed by atoms with E-state index in [-0.39, 0.29) is 19.0 Å². The molecule has 0 fully saturated rings. The fourth-order valence-corrected chi connectivity index (χ4v) is 6.27. The Hall–Kier alpha value is -3.63. The Morgan fingerprint density at radius 3 is 2.58 bits per heavy atom. The van der Waals surface area contributed by atoms with E-state index in [4.69, 9.17) is 26.9 Å². The molecule has 2 heterocycles. The molecule has 1 aliphatic heterocycles. The van der Waals surface area contributed by atoms with Crippen molar-refractivity contribution in [3.05, 3.63) is 116 Å². The highest BCUT2D eigenvalue weighted by Crippen LogP contribution is 2.44. The van der Waals surface area contributed by atoms with Crippen molar-refractivity contribution in [1.82, 2.24) is 0 Å². The predicted octanol–water partition coefficient (Wildman–Crippen LogP) is 6.19. The molecule has 43 heavy (non-hydrogen) atoms. The number of aliphatic hydroxyl groups excluding tert-OH is 1. The summed E-state index contributed by atoms with van der Waals surface area (Å²) in [6.07, 6.45) is 3.73. The molecule has 0 atom stereocenters. The summed E-state index contributed by atoms with van der Waals surface area (Å²) in [5.74, 6) is 1.41.